The molecular formula is C17H16BrN3O4. The van der Waals surface area contributed by atoms with Crippen LogP contribution in [0.3, 0.4) is 0 Å². The molecule has 0 spiro atoms. The Labute approximate surface area is 153 Å². The second kappa shape index (κ2) is 8.39. The number of carbonyl (C=O) groups excluding carboxylic acids is 1. The molecule has 25 heavy (non-hydrogen) atoms. The van der Waals surface area contributed by atoms with Crippen LogP contribution >= 0.6 is 15.9 Å². The van der Waals surface area contributed by atoms with Crippen LogP contribution in [0.5, 0.6) is 5.75 Å². The second-order valence-electron chi connectivity index (χ2n) is 5.29. The van der Waals surface area contributed by atoms with Gasteiger partial charge < -0.3 is 4.74 Å². The lowest BCUT2D eigenvalue weighted by Crippen LogP contribution is -2.25. The van der Waals surface area contributed by atoms with Gasteiger partial charge in [-0.2, -0.15) is 5.10 Å². The number of hydrogen-bond acceptors (Lipinski definition) is 5. The first kappa shape index (κ1) is 18.6. The monoisotopic (exact) mass is 405 g/mol. The zero-order valence-electron chi connectivity index (χ0n) is 13.7. The van der Waals surface area contributed by atoms with Gasteiger partial charge in [0.2, 0.25) is 0 Å². The molecule has 0 aliphatic carbocycles. The fourth-order valence-electron chi connectivity index (χ4n) is 2.19. The van der Waals surface area contributed by atoms with Crippen molar-refractivity contribution >= 4 is 33.7 Å². The van der Waals surface area contributed by atoms with Crippen molar-refractivity contribution in [3.05, 3.63) is 67.7 Å². The number of ether oxygens (including phenoxy) is 1. The van der Waals surface area contributed by atoms with E-state index in [2.05, 4.69) is 26.5 Å². The summed E-state index contributed by atoms with van der Waals surface area (Å²) in [5.74, 6) is 0.116. The van der Waals surface area contributed by atoms with Crippen LogP contribution in [-0.2, 0) is 4.79 Å². The van der Waals surface area contributed by atoms with Gasteiger partial charge in [-0.05, 0) is 53.0 Å². The van der Waals surface area contributed by atoms with Gasteiger partial charge in [-0.15, -0.1) is 0 Å². The topological polar surface area (TPSA) is 93.8 Å². The van der Waals surface area contributed by atoms with Gasteiger partial charge in [0.05, 0.1) is 21.2 Å². The van der Waals surface area contributed by atoms with Gasteiger partial charge in [0, 0.05) is 6.07 Å². The molecule has 2 rings (SSSR count). The molecule has 1 N–H and O–H groups in total. The summed E-state index contributed by atoms with van der Waals surface area (Å²) in [5, 5.41) is 14.6. The molecule has 0 fully saturated rings. The number of nitrogens with one attached hydrogen (secondary N) is 1. The van der Waals surface area contributed by atoms with E-state index in [9.17, 15) is 14.9 Å². The minimum Gasteiger partial charge on any atom is -0.482 e. The average molecular weight is 406 g/mol. The SMILES string of the molecule is Cc1cc(C)c(OCC(=O)NN=Cc2ccccc2[N+](=O)[O-])c(Br)c1. The molecule has 0 saturated carbocycles. The summed E-state index contributed by atoms with van der Waals surface area (Å²) in [5.41, 5.74) is 4.48. The first-order valence-electron chi connectivity index (χ1n) is 7.33. The summed E-state index contributed by atoms with van der Waals surface area (Å²) >= 11 is 3.40. The number of benzene rings is 2. The van der Waals surface area contributed by atoms with Crippen molar-refractivity contribution in [3.63, 3.8) is 0 Å². The fraction of sp³-hybridized carbons (Fsp3) is 0.176. The number of hydrazone groups is 1. The molecule has 0 unspecified atom stereocenters. The number of hydrogen-bond donors (Lipinski definition) is 1. The van der Waals surface area contributed by atoms with Crippen molar-refractivity contribution in [2.75, 3.05) is 6.61 Å². The van der Waals surface area contributed by atoms with E-state index < -0.39 is 10.8 Å². The van der Waals surface area contributed by atoms with Gasteiger partial charge in [-0.1, -0.05) is 18.2 Å². The number of nitrogens with zero attached hydrogens (tertiary/aromatic N) is 2. The van der Waals surface area contributed by atoms with Crippen molar-refractivity contribution in [1.29, 1.82) is 0 Å². The first-order chi connectivity index (χ1) is 11.9. The zero-order chi connectivity index (χ0) is 18.4. The standard InChI is InChI=1S/C17H16BrN3O4/c1-11-7-12(2)17(14(18)8-11)25-10-16(22)20-19-9-13-5-3-4-6-15(13)21(23)24/h3-9H,10H2,1-2H3,(H,20,22). The summed E-state index contributed by atoms with van der Waals surface area (Å²) in [7, 11) is 0. The molecule has 0 saturated heterocycles. The van der Waals surface area contributed by atoms with Crippen molar-refractivity contribution in [1.82, 2.24) is 5.43 Å². The maximum Gasteiger partial charge on any atom is 0.278 e. The highest BCUT2D eigenvalue weighted by atomic mass is 79.9. The van der Waals surface area contributed by atoms with E-state index in [4.69, 9.17) is 4.74 Å². The number of amides is 1. The minimum atomic E-state index is -0.510. The number of aryl methyl sites for hydroxylation is 2. The van der Waals surface area contributed by atoms with Crippen LogP contribution in [-0.4, -0.2) is 23.7 Å². The van der Waals surface area contributed by atoms with E-state index >= 15 is 0 Å². The highest BCUT2D eigenvalue weighted by Gasteiger charge is 2.11. The predicted molar refractivity (Wildman–Crippen MR) is 97.9 cm³/mol. The van der Waals surface area contributed by atoms with E-state index in [1.807, 2.05) is 26.0 Å². The Morgan fingerprint density at radius 3 is 2.76 bits per heavy atom. The Hall–Kier alpha value is -2.74. The van der Waals surface area contributed by atoms with Crippen LogP contribution in [0.1, 0.15) is 16.7 Å². The lowest BCUT2D eigenvalue weighted by Gasteiger charge is -2.11. The van der Waals surface area contributed by atoms with Crippen LogP contribution in [0.4, 0.5) is 5.69 Å². The second-order valence-corrected chi connectivity index (χ2v) is 6.14. The molecule has 7 nitrogen and oxygen atoms in total. The molecule has 0 aliphatic rings. The molecule has 0 aliphatic heterocycles. The van der Waals surface area contributed by atoms with Crippen molar-refractivity contribution in [2.45, 2.75) is 13.8 Å². The summed E-state index contributed by atoms with van der Waals surface area (Å²) < 4.78 is 6.27. The van der Waals surface area contributed by atoms with Gasteiger partial charge >= 0.3 is 0 Å². The van der Waals surface area contributed by atoms with Gasteiger partial charge in [0.15, 0.2) is 6.61 Å². The number of para-hydroxylation sites is 1. The molecule has 8 heteroatoms. The van der Waals surface area contributed by atoms with Crippen LogP contribution < -0.4 is 10.2 Å². The number of rotatable bonds is 6. The molecule has 0 aromatic heterocycles. The first-order valence-corrected chi connectivity index (χ1v) is 8.12. The van der Waals surface area contributed by atoms with Crippen LogP contribution in [0.25, 0.3) is 0 Å². The number of nitro groups is 1. The molecule has 0 heterocycles. The molecule has 130 valence electrons. The Morgan fingerprint density at radius 2 is 2.08 bits per heavy atom. The largest absolute Gasteiger partial charge is 0.482 e. The Kier molecular flexibility index (Phi) is 6.24. The van der Waals surface area contributed by atoms with Gasteiger partial charge in [-0.3, -0.25) is 14.9 Å². The molecule has 1 amide bonds. The average Bonchev–Trinajstić information content (AvgIpc) is 2.54. The van der Waals surface area contributed by atoms with Crippen molar-refractivity contribution in [2.24, 2.45) is 5.10 Å². The lowest BCUT2D eigenvalue weighted by molar-refractivity contribution is -0.385. The fourth-order valence-corrected chi connectivity index (χ4v) is 2.98. The summed E-state index contributed by atoms with van der Waals surface area (Å²) in [6.45, 7) is 3.63. The maximum absolute atomic E-state index is 11.8. The Morgan fingerprint density at radius 1 is 1.36 bits per heavy atom. The van der Waals surface area contributed by atoms with Gasteiger partial charge in [0.1, 0.15) is 5.75 Å². The number of nitro benzene ring substituents is 1. The van der Waals surface area contributed by atoms with Gasteiger partial charge in [-0.25, -0.2) is 5.43 Å². The molecule has 2 aromatic rings. The predicted octanol–water partition coefficient (Wildman–Crippen LogP) is 3.50. The molecular weight excluding hydrogens is 390 g/mol. The lowest BCUT2D eigenvalue weighted by atomic mass is 10.1. The highest BCUT2D eigenvalue weighted by molar-refractivity contribution is 9.10. The maximum atomic E-state index is 11.8. The normalized spacial score (nSPS) is 10.7. The third-order valence-corrected chi connectivity index (χ3v) is 3.84. The van der Waals surface area contributed by atoms with E-state index in [-0.39, 0.29) is 12.3 Å². The van der Waals surface area contributed by atoms with Crippen LogP contribution in [0.15, 0.2) is 46.0 Å². The molecule has 2 aromatic carbocycles. The van der Waals surface area contributed by atoms with E-state index in [1.165, 1.54) is 18.3 Å². The summed E-state index contributed by atoms with van der Waals surface area (Å²) in [4.78, 5) is 22.2. The van der Waals surface area contributed by atoms with E-state index in [0.29, 0.717) is 11.3 Å². The molecule has 0 atom stereocenters. The molecule has 0 bridgehead atoms. The third-order valence-electron chi connectivity index (χ3n) is 3.25. The van der Waals surface area contributed by atoms with E-state index in [1.54, 1.807) is 12.1 Å². The summed E-state index contributed by atoms with van der Waals surface area (Å²) in [6, 6.07) is 9.96. The quantitative estimate of drug-likeness (QED) is 0.451. The molecule has 0 radical (unpaired) electrons. The smallest absolute Gasteiger partial charge is 0.278 e. The van der Waals surface area contributed by atoms with Crippen LogP contribution in [0, 0.1) is 24.0 Å². The van der Waals surface area contributed by atoms with E-state index in [0.717, 1.165) is 15.6 Å². The highest BCUT2D eigenvalue weighted by Crippen LogP contribution is 2.30. The van der Waals surface area contributed by atoms with Crippen molar-refractivity contribution < 1.29 is 14.5 Å². The van der Waals surface area contributed by atoms with Crippen LogP contribution in [0.2, 0.25) is 0 Å². The van der Waals surface area contributed by atoms with Gasteiger partial charge in [0.25, 0.3) is 11.6 Å². The van der Waals surface area contributed by atoms with Crippen molar-refractivity contribution in [3.8, 4) is 5.75 Å². The zero-order valence-corrected chi connectivity index (χ0v) is 15.2. The minimum absolute atomic E-state index is 0.0871. The Balaban J connectivity index is 1.95. The summed E-state index contributed by atoms with van der Waals surface area (Å²) in [6.07, 6.45) is 1.23. The Bertz CT molecular complexity index is 813. The third kappa shape index (κ3) is 5.12. The number of halogens is 1. The number of carbonyl (C=O) groups is 1.